The largest absolute Gasteiger partial charge is 0.298 e. The van der Waals surface area contributed by atoms with E-state index in [1.165, 1.54) is 0 Å². The van der Waals surface area contributed by atoms with Crippen molar-refractivity contribution in [3.63, 3.8) is 0 Å². The number of nitrogens with zero attached hydrogens (tertiary/aromatic N) is 1. The zero-order valence-electron chi connectivity index (χ0n) is 8.63. The molecule has 1 aliphatic rings. The van der Waals surface area contributed by atoms with Gasteiger partial charge in [-0.1, -0.05) is 20.8 Å². The Balaban J connectivity index is 2.94. The highest BCUT2D eigenvalue weighted by molar-refractivity contribution is 5.89. The molecule has 0 amide bonds. The van der Waals surface area contributed by atoms with Gasteiger partial charge in [-0.3, -0.25) is 4.79 Å². The molecule has 1 rings (SSSR count). The predicted octanol–water partition coefficient (Wildman–Crippen LogP) is 2.54. The lowest BCUT2D eigenvalue weighted by Gasteiger charge is -2.29. The topological polar surface area (TPSA) is 40.9 Å². The number of ketones is 1. The highest BCUT2D eigenvalue weighted by Gasteiger charge is 2.47. The van der Waals surface area contributed by atoms with Crippen LogP contribution in [-0.2, 0) is 4.79 Å². The van der Waals surface area contributed by atoms with Crippen LogP contribution in [0.3, 0.4) is 0 Å². The van der Waals surface area contributed by atoms with E-state index < -0.39 is 5.41 Å². The lowest BCUT2D eigenvalue weighted by Crippen LogP contribution is -2.34. The number of carbonyl (C=O) groups excluding carboxylic acids is 1. The smallest absolute Gasteiger partial charge is 0.153 e. The summed E-state index contributed by atoms with van der Waals surface area (Å²) in [6.07, 6.45) is 2.26. The van der Waals surface area contributed by atoms with Gasteiger partial charge >= 0.3 is 0 Å². The van der Waals surface area contributed by atoms with Crippen molar-refractivity contribution in [1.82, 2.24) is 0 Å². The summed E-state index contributed by atoms with van der Waals surface area (Å²) in [6, 6.07) is 2.26. The van der Waals surface area contributed by atoms with E-state index in [0.29, 0.717) is 12.3 Å². The second-order valence-corrected chi connectivity index (χ2v) is 4.39. The summed E-state index contributed by atoms with van der Waals surface area (Å²) in [5.74, 6) is 0.755. The van der Waals surface area contributed by atoms with E-state index in [1.54, 1.807) is 0 Å². The molecule has 2 unspecified atom stereocenters. The number of Topliss-reactive ketones (excluding diaryl/α,β-unsaturated/α-hetero) is 1. The van der Waals surface area contributed by atoms with Crippen molar-refractivity contribution < 1.29 is 4.79 Å². The van der Waals surface area contributed by atoms with Gasteiger partial charge in [-0.05, 0) is 24.7 Å². The number of hydrogen-bond acceptors (Lipinski definition) is 2. The maximum Gasteiger partial charge on any atom is 0.153 e. The van der Waals surface area contributed by atoms with Gasteiger partial charge in [-0.25, -0.2) is 0 Å². The normalized spacial score (nSPS) is 30.5. The highest BCUT2D eigenvalue weighted by Crippen LogP contribution is 2.43. The molecular weight excluding hydrogens is 162 g/mol. The van der Waals surface area contributed by atoms with Crippen LogP contribution in [0, 0.1) is 28.6 Å². The molecule has 0 aromatic carbocycles. The zero-order chi connectivity index (χ0) is 10.1. The lowest BCUT2D eigenvalue weighted by atomic mass is 9.70. The van der Waals surface area contributed by atoms with Crippen molar-refractivity contribution in [2.24, 2.45) is 17.3 Å². The SMILES string of the molecule is CC(C)C(C)C1(C#N)CCCC1=O. The fourth-order valence-electron chi connectivity index (χ4n) is 2.16. The Bertz CT molecular complexity index is 251. The molecule has 1 saturated carbocycles. The predicted molar refractivity (Wildman–Crippen MR) is 50.9 cm³/mol. The third-order valence-electron chi connectivity index (χ3n) is 3.45. The van der Waals surface area contributed by atoms with Crippen LogP contribution in [0.1, 0.15) is 40.0 Å². The van der Waals surface area contributed by atoms with Crippen LogP contribution < -0.4 is 0 Å². The second-order valence-electron chi connectivity index (χ2n) is 4.39. The molecule has 72 valence electrons. The van der Waals surface area contributed by atoms with E-state index in [1.807, 2.05) is 6.92 Å². The number of nitriles is 1. The van der Waals surface area contributed by atoms with E-state index >= 15 is 0 Å². The molecular formula is C11H17NO. The summed E-state index contributed by atoms with van der Waals surface area (Å²) >= 11 is 0. The average molecular weight is 179 g/mol. The van der Waals surface area contributed by atoms with Gasteiger partial charge in [0, 0.05) is 6.42 Å². The van der Waals surface area contributed by atoms with Crippen molar-refractivity contribution >= 4 is 5.78 Å². The third kappa shape index (κ3) is 1.48. The molecule has 0 aromatic rings. The van der Waals surface area contributed by atoms with Crippen molar-refractivity contribution in [1.29, 1.82) is 5.26 Å². The molecule has 2 heteroatoms. The van der Waals surface area contributed by atoms with Crippen LogP contribution in [0.2, 0.25) is 0 Å². The van der Waals surface area contributed by atoms with E-state index in [4.69, 9.17) is 5.26 Å². The average Bonchev–Trinajstić information content (AvgIpc) is 2.46. The number of rotatable bonds is 2. The minimum absolute atomic E-state index is 0.163. The standard InChI is InChI=1S/C11H17NO/c1-8(2)9(3)11(7-12)6-4-5-10(11)13/h8-9H,4-6H2,1-3H3. The summed E-state index contributed by atoms with van der Waals surface area (Å²) < 4.78 is 0. The molecule has 1 fully saturated rings. The summed E-state index contributed by atoms with van der Waals surface area (Å²) in [5.41, 5.74) is -0.659. The molecule has 0 bridgehead atoms. The molecule has 0 N–H and O–H groups in total. The molecule has 0 radical (unpaired) electrons. The Morgan fingerprint density at radius 2 is 2.08 bits per heavy atom. The zero-order valence-corrected chi connectivity index (χ0v) is 8.63. The highest BCUT2D eigenvalue weighted by atomic mass is 16.1. The van der Waals surface area contributed by atoms with Gasteiger partial charge in [0.05, 0.1) is 6.07 Å². The first-order valence-corrected chi connectivity index (χ1v) is 4.99. The number of hydrogen-bond donors (Lipinski definition) is 0. The molecule has 0 saturated heterocycles. The maximum absolute atomic E-state index is 11.7. The van der Waals surface area contributed by atoms with Gasteiger partial charge in [0.1, 0.15) is 5.41 Å². The Kier molecular flexibility index (Phi) is 2.75. The Morgan fingerprint density at radius 1 is 1.46 bits per heavy atom. The summed E-state index contributed by atoms with van der Waals surface area (Å²) in [6.45, 7) is 6.18. The van der Waals surface area contributed by atoms with Gasteiger partial charge in [0.15, 0.2) is 5.78 Å². The molecule has 0 aromatic heterocycles. The fourth-order valence-corrected chi connectivity index (χ4v) is 2.16. The van der Waals surface area contributed by atoms with E-state index in [0.717, 1.165) is 12.8 Å². The molecule has 0 aliphatic heterocycles. The minimum atomic E-state index is -0.659. The summed E-state index contributed by atoms with van der Waals surface area (Å²) in [4.78, 5) is 11.7. The lowest BCUT2D eigenvalue weighted by molar-refractivity contribution is -0.125. The van der Waals surface area contributed by atoms with Crippen LogP contribution >= 0.6 is 0 Å². The first-order valence-electron chi connectivity index (χ1n) is 4.99. The molecule has 2 atom stereocenters. The second kappa shape index (κ2) is 3.49. The van der Waals surface area contributed by atoms with Crippen LogP contribution in [0.15, 0.2) is 0 Å². The third-order valence-corrected chi connectivity index (χ3v) is 3.45. The van der Waals surface area contributed by atoms with Crippen LogP contribution in [0.25, 0.3) is 0 Å². The van der Waals surface area contributed by atoms with Crippen LogP contribution in [-0.4, -0.2) is 5.78 Å². The quantitative estimate of drug-likeness (QED) is 0.653. The van der Waals surface area contributed by atoms with Crippen LogP contribution in [0.4, 0.5) is 0 Å². The van der Waals surface area contributed by atoms with Crippen molar-refractivity contribution in [3.05, 3.63) is 0 Å². The van der Waals surface area contributed by atoms with Gasteiger partial charge in [0.2, 0.25) is 0 Å². The van der Waals surface area contributed by atoms with Gasteiger partial charge in [-0.2, -0.15) is 5.26 Å². The monoisotopic (exact) mass is 179 g/mol. The fraction of sp³-hybridized carbons (Fsp3) is 0.818. The minimum Gasteiger partial charge on any atom is -0.298 e. The van der Waals surface area contributed by atoms with Gasteiger partial charge in [-0.15, -0.1) is 0 Å². The number of carbonyl (C=O) groups is 1. The first-order chi connectivity index (χ1) is 6.04. The maximum atomic E-state index is 11.7. The Labute approximate surface area is 79.9 Å². The first kappa shape index (κ1) is 10.2. The Hall–Kier alpha value is -0.840. The van der Waals surface area contributed by atoms with E-state index in [2.05, 4.69) is 19.9 Å². The van der Waals surface area contributed by atoms with Crippen molar-refractivity contribution in [3.8, 4) is 6.07 Å². The van der Waals surface area contributed by atoms with Crippen molar-refractivity contribution in [2.45, 2.75) is 40.0 Å². The summed E-state index contributed by atoms with van der Waals surface area (Å²) in [5, 5.41) is 9.14. The van der Waals surface area contributed by atoms with Crippen LogP contribution in [0.5, 0.6) is 0 Å². The molecule has 0 heterocycles. The summed E-state index contributed by atoms with van der Waals surface area (Å²) in [7, 11) is 0. The molecule has 1 aliphatic carbocycles. The molecule has 2 nitrogen and oxygen atoms in total. The van der Waals surface area contributed by atoms with E-state index in [-0.39, 0.29) is 11.7 Å². The van der Waals surface area contributed by atoms with Gasteiger partial charge in [0.25, 0.3) is 0 Å². The molecule has 0 spiro atoms. The van der Waals surface area contributed by atoms with E-state index in [9.17, 15) is 4.79 Å². The Morgan fingerprint density at radius 3 is 2.38 bits per heavy atom. The van der Waals surface area contributed by atoms with Crippen molar-refractivity contribution in [2.75, 3.05) is 0 Å². The van der Waals surface area contributed by atoms with Gasteiger partial charge < -0.3 is 0 Å². The molecule has 13 heavy (non-hydrogen) atoms.